The van der Waals surface area contributed by atoms with Gasteiger partial charge >= 0.3 is 0 Å². The van der Waals surface area contributed by atoms with Crippen molar-refractivity contribution >= 4 is 29.9 Å². The van der Waals surface area contributed by atoms with Crippen molar-refractivity contribution in [3.8, 4) is 11.5 Å². The monoisotopic (exact) mass is 490 g/mol. The van der Waals surface area contributed by atoms with Gasteiger partial charge in [0.05, 0.1) is 14.2 Å². The molecule has 1 saturated heterocycles. The average molecular weight is 490 g/mol. The fraction of sp³-hybridized carbons (Fsp3) is 0.650. The molecule has 0 amide bonds. The lowest BCUT2D eigenvalue weighted by Gasteiger charge is -2.35. The Bertz CT molecular complexity index is 583. The number of ether oxygens (including phenoxy) is 2. The van der Waals surface area contributed by atoms with Gasteiger partial charge in [-0.15, -0.1) is 24.0 Å². The highest BCUT2D eigenvalue weighted by atomic mass is 127. The first-order valence-corrected chi connectivity index (χ1v) is 9.61. The largest absolute Gasteiger partial charge is 0.493 e. The van der Waals surface area contributed by atoms with Gasteiger partial charge in [-0.2, -0.15) is 0 Å². The molecule has 1 heterocycles. The summed E-state index contributed by atoms with van der Waals surface area (Å²) in [5, 5.41) is 6.79. The van der Waals surface area contributed by atoms with E-state index in [4.69, 9.17) is 9.47 Å². The molecule has 1 aromatic rings. The SMILES string of the molecule is CCC1CCCCN1CCNC(=NC)NCc1ccc(OC)c(OC)c1.I. The van der Waals surface area contributed by atoms with Gasteiger partial charge in [0.2, 0.25) is 0 Å². The molecule has 2 rings (SSSR count). The number of nitrogens with one attached hydrogen (secondary N) is 2. The molecular weight excluding hydrogens is 455 g/mol. The Morgan fingerprint density at radius 3 is 2.63 bits per heavy atom. The molecule has 1 fully saturated rings. The summed E-state index contributed by atoms with van der Waals surface area (Å²) in [5.74, 6) is 2.31. The Labute approximate surface area is 181 Å². The predicted octanol–water partition coefficient (Wildman–Crippen LogP) is 3.25. The van der Waals surface area contributed by atoms with Crippen LogP contribution in [-0.4, -0.2) is 57.8 Å². The number of benzene rings is 1. The molecule has 1 unspecified atom stereocenters. The van der Waals surface area contributed by atoms with Crippen molar-refractivity contribution in [1.29, 1.82) is 0 Å². The van der Waals surface area contributed by atoms with E-state index >= 15 is 0 Å². The first-order valence-electron chi connectivity index (χ1n) is 9.61. The molecule has 1 aliphatic rings. The molecule has 0 aromatic heterocycles. The van der Waals surface area contributed by atoms with Crippen LogP contribution in [0, 0.1) is 0 Å². The maximum absolute atomic E-state index is 5.36. The molecule has 154 valence electrons. The first-order chi connectivity index (χ1) is 12.7. The van der Waals surface area contributed by atoms with E-state index in [0.717, 1.165) is 42.2 Å². The van der Waals surface area contributed by atoms with Gasteiger partial charge in [0.15, 0.2) is 17.5 Å². The summed E-state index contributed by atoms with van der Waals surface area (Å²) in [6.07, 6.45) is 5.27. The maximum atomic E-state index is 5.36. The Kier molecular flexibility index (Phi) is 11.5. The number of nitrogens with zero attached hydrogens (tertiary/aromatic N) is 2. The molecule has 2 N–H and O–H groups in total. The Morgan fingerprint density at radius 1 is 1.19 bits per heavy atom. The highest BCUT2D eigenvalue weighted by Gasteiger charge is 2.19. The lowest BCUT2D eigenvalue weighted by atomic mass is 10.0. The number of hydrogen-bond acceptors (Lipinski definition) is 4. The quantitative estimate of drug-likeness (QED) is 0.333. The summed E-state index contributed by atoms with van der Waals surface area (Å²) in [5.41, 5.74) is 1.12. The second kappa shape index (κ2) is 13.0. The van der Waals surface area contributed by atoms with Gasteiger partial charge < -0.3 is 20.1 Å². The van der Waals surface area contributed by atoms with E-state index in [1.54, 1.807) is 21.3 Å². The standard InChI is InChI=1S/C20H34N4O2.HI/c1-5-17-8-6-7-12-24(17)13-11-22-20(21-2)23-15-16-9-10-18(25-3)19(14-16)26-4;/h9-10,14,17H,5-8,11-13,15H2,1-4H3,(H2,21,22,23);1H. The lowest BCUT2D eigenvalue weighted by molar-refractivity contribution is 0.147. The van der Waals surface area contributed by atoms with E-state index in [0.29, 0.717) is 6.54 Å². The zero-order chi connectivity index (χ0) is 18.8. The minimum absolute atomic E-state index is 0. The van der Waals surface area contributed by atoms with Crippen LogP contribution in [0.15, 0.2) is 23.2 Å². The predicted molar refractivity (Wildman–Crippen MR) is 123 cm³/mol. The molecule has 7 heteroatoms. The van der Waals surface area contributed by atoms with Crippen LogP contribution >= 0.6 is 24.0 Å². The molecule has 1 aliphatic heterocycles. The smallest absolute Gasteiger partial charge is 0.191 e. The van der Waals surface area contributed by atoms with Crippen LogP contribution < -0.4 is 20.1 Å². The van der Waals surface area contributed by atoms with Gasteiger partial charge in [-0.1, -0.05) is 19.4 Å². The molecule has 0 saturated carbocycles. The van der Waals surface area contributed by atoms with Crippen molar-refractivity contribution in [3.05, 3.63) is 23.8 Å². The highest BCUT2D eigenvalue weighted by molar-refractivity contribution is 14.0. The summed E-state index contributed by atoms with van der Waals surface area (Å²) < 4.78 is 10.6. The Hall–Kier alpha value is -1.22. The van der Waals surface area contributed by atoms with Crippen LogP contribution in [0.3, 0.4) is 0 Å². The van der Waals surface area contributed by atoms with E-state index in [1.165, 1.54) is 32.2 Å². The number of halogens is 1. The molecule has 1 aromatic carbocycles. The lowest BCUT2D eigenvalue weighted by Crippen LogP contribution is -2.45. The zero-order valence-electron chi connectivity index (χ0n) is 17.1. The second-order valence-electron chi connectivity index (χ2n) is 6.64. The van der Waals surface area contributed by atoms with Crippen LogP contribution in [0.25, 0.3) is 0 Å². The number of guanidine groups is 1. The number of likely N-dealkylation sites (tertiary alicyclic amines) is 1. The van der Waals surface area contributed by atoms with Crippen LogP contribution in [-0.2, 0) is 6.54 Å². The summed E-state index contributed by atoms with van der Waals surface area (Å²) in [6.45, 7) is 6.16. The zero-order valence-corrected chi connectivity index (χ0v) is 19.4. The fourth-order valence-electron chi connectivity index (χ4n) is 3.53. The summed E-state index contributed by atoms with van der Waals surface area (Å²) >= 11 is 0. The number of methoxy groups -OCH3 is 2. The van der Waals surface area contributed by atoms with Gasteiger partial charge in [-0.25, -0.2) is 0 Å². The van der Waals surface area contributed by atoms with E-state index in [-0.39, 0.29) is 24.0 Å². The molecule has 0 aliphatic carbocycles. The number of aliphatic imine (C=N–C) groups is 1. The van der Waals surface area contributed by atoms with Crippen molar-refractivity contribution in [1.82, 2.24) is 15.5 Å². The minimum atomic E-state index is 0. The molecule has 27 heavy (non-hydrogen) atoms. The summed E-state index contributed by atoms with van der Waals surface area (Å²) in [4.78, 5) is 6.93. The van der Waals surface area contributed by atoms with Gasteiger partial charge in [-0.3, -0.25) is 9.89 Å². The number of hydrogen-bond donors (Lipinski definition) is 2. The molecule has 0 radical (unpaired) electrons. The molecule has 1 atom stereocenters. The normalized spacial score (nSPS) is 17.8. The Balaban J connectivity index is 0.00000364. The minimum Gasteiger partial charge on any atom is -0.493 e. The van der Waals surface area contributed by atoms with Crippen molar-refractivity contribution in [2.45, 2.75) is 45.2 Å². The third-order valence-corrected chi connectivity index (χ3v) is 5.04. The topological polar surface area (TPSA) is 58.1 Å². The summed E-state index contributed by atoms with van der Waals surface area (Å²) in [6, 6.07) is 6.68. The van der Waals surface area contributed by atoms with Gasteiger partial charge in [0, 0.05) is 32.7 Å². The van der Waals surface area contributed by atoms with E-state index in [1.807, 2.05) is 18.2 Å². The summed E-state index contributed by atoms with van der Waals surface area (Å²) in [7, 11) is 5.10. The second-order valence-corrected chi connectivity index (χ2v) is 6.64. The van der Waals surface area contributed by atoms with E-state index < -0.39 is 0 Å². The maximum Gasteiger partial charge on any atom is 0.191 e. The van der Waals surface area contributed by atoms with Crippen LogP contribution in [0.1, 0.15) is 38.2 Å². The van der Waals surface area contributed by atoms with Crippen LogP contribution in [0.2, 0.25) is 0 Å². The van der Waals surface area contributed by atoms with Gasteiger partial charge in [0.25, 0.3) is 0 Å². The van der Waals surface area contributed by atoms with E-state index in [2.05, 4.69) is 27.4 Å². The fourth-order valence-corrected chi connectivity index (χ4v) is 3.53. The van der Waals surface area contributed by atoms with Crippen molar-refractivity contribution in [2.75, 3.05) is 40.9 Å². The number of rotatable bonds is 8. The van der Waals surface area contributed by atoms with E-state index in [9.17, 15) is 0 Å². The molecule has 0 spiro atoms. The van der Waals surface area contributed by atoms with Crippen molar-refractivity contribution in [2.24, 2.45) is 4.99 Å². The number of piperidine rings is 1. The first kappa shape index (κ1) is 23.8. The van der Waals surface area contributed by atoms with Crippen LogP contribution in [0.5, 0.6) is 11.5 Å². The highest BCUT2D eigenvalue weighted by Crippen LogP contribution is 2.27. The average Bonchev–Trinajstić information content (AvgIpc) is 2.70. The Morgan fingerprint density at radius 2 is 1.96 bits per heavy atom. The molecule has 6 nitrogen and oxygen atoms in total. The van der Waals surface area contributed by atoms with Crippen molar-refractivity contribution < 1.29 is 9.47 Å². The van der Waals surface area contributed by atoms with Crippen molar-refractivity contribution in [3.63, 3.8) is 0 Å². The molecule has 0 bridgehead atoms. The van der Waals surface area contributed by atoms with Gasteiger partial charge in [0.1, 0.15) is 0 Å². The third-order valence-electron chi connectivity index (χ3n) is 5.04. The van der Waals surface area contributed by atoms with Gasteiger partial charge in [-0.05, 0) is 43.5 Å². The molecular formula is C20H35IN4O2. The van der Waals surface area contributed by atoms with Crippen LogP contribution in [0.4, 0.5) is 0 Å². The third kappa shape index (κ3) is 7.37.